The summed E-state index contributed by atoms with van der Waals surface area (Å²) in [5.74, 6) is -1.46. The summed E-state index contributed by atoms with van der Waals surface area (Å²) in [6.07, 6.45) is 0. The van der Waals surface area contributed by atoms with Gasteiger partial charge < -0.3 is 0 Å². The van der Waals surface area contributed by atoms with Gasteiger partial charge in [-0.2, -0.15) is 0 Å². The predicted octanol–water partition coefficient (Wildman–Crippen LogP) is 13.1. The molecule has 0 atom stereocenters. The molecule has 4 nitrogen and oxygen atoms in total. The Bertz CT molecular complexity index is 2220. The first-order chi connectivity index (χ1) is 25.7. The standard InChI is InChI=1S/C46H40F4N4/c1-25-9-13-37(33(47)17-25)51-41-21-29(5)30(6)22-42(41)52(38-14-10-26(2)18-34(38)48)45(51)46-53(39-15-11-27(3)19-35(39)49)43-23-31(7)32(8)24-44(43)54(46)40-16-12-28(4)20-36(40)50/h9-24H,1-8H3. The van der Waals surface area contributed by atoms with Gasteiger partial charge in [-0.25, -0.2) is 17.6 Å². The van der Waals surface area contributed by atoms with Gasteiger partial charge >= 0.3 is 0 Å². The lowest BCUT2D eigenvalue weighted by atomic mass is 10.1. The Morgan fingerprint density at radius 1 is 0.278 bits per heavy atom. The Labute approximate surface area is 313 Å². The van der Waals surface area contributed by atoms with E-state index in [4.69, 9.17) is 0 Å². The fraction of sp³-hybridized carbons (Fsp3) is 0.174. The van der Waals surface area contributed by atoms with Crippen LogP contribution in [0.15, 0.2) is 109 Å². The molecule has 0 saturated heterocycles. The minimum atomic E-state index is -0.508. The van der Waals surface area contributed by atoms with Crippen molar-refractivity contribution in [2.75, 3.05) is 19.6 Å². The lowest BCUT2D eigenvalue weighted by Gasteiger charge is -2.34. The monoisotopic (exact) mass is 724 g/mol. The molecule has 2 aliphatic rings. The van der Waals surface area contributed by atoms with Crippen LogP contribution in [0.4, 0.5) is 63.1 Å². The SMILES string of the molecule is Cc1ccc(N2C(=C3N(c4ccc(C)cc4F)c4cc(C)c(C)cc4N3c3ccc(C)cc3F)N(c3ccc(C)cc3F)c3cc(C)c(C)cc32)c(F)c1. The second-order valence-electron chi connectivity index (χ2n) is 14.7. The molecule has 0 amide bonds. The lowest BCUT2D eigenvalue weighted by Crippen LogP contribution is -2.34. The second-order valence-corrected chi connectivity index (χ2v) is 14.7. The molecule has 0 saturated carbocycles. The fourth-order valence-corrected chi connectivity index (χ4v) is 7.49. The minimum absolute atomic E-state index is 0.194. The third-order valence-electron chi connectivity index (χ3n) is 10.6. The van der Waals surface area contributed by atoms with Crippen molar-refractivity contribution in [3.8, 4) is 0 Å². The van der Waals surface area contributed by atoms with Crippen molar-refractivity contribution in [1.82, 2.24) is 0 Å². The maximum Gasteiger partial charge on any atom is 0.166 e. The van der Waals surface area contributed by atoms with Gasteiger partial charge in [-0.05, 0) is 173 Å². The summed E-state index contributed by atoms with van der Waals surface area (Å²) in [6.45, 7) is 15.1. The average molecular weight is 725 g/mol. The topological polar surface area (TPSA) is 13.0 Å². The number of hydrogen-bond acceptors (Lipinski definition) is 4. The molecule has 6 aromatic rings. The highest BCUT2D eigenvalue weighted by Gasteiger charge is 2.46. The number of fused-ring (bicyclic) bond motifs is 2. The summed E-state index contributed by atoms with van der Waals surface area (Å²) in [5, 5.41) is 0. The molecule has 0 N–H and O–H groups in total. The van der Waals surface area contributed by atoms with Crippen molar-refractivity contribution in [2.45, 2.75) is 55.4 Å². The molecule has 0 aliphatic carbocycles. The van der Waals surface area contributed by atoms with Crippen LogP contribution in [-0.4, -0.2) is 0 Å². The van der Waals surface area contributed by atoms with E-state index in [1.807, 2.05) is 104 Å². The van der Waals surface area contributed by atoms with Crippen LogP contribution in [0.25, 0.3) is 0 Å². The van der Waals surface area contributed by atoms with Crippen LogP contribution >= 0.6 is 0 Å². The average Bonchev–Trinajstić information content (AvgIpc) is 3.56. The fourth-order valence-electron chi connectivity index (χ4n) is 7.49. The second kappa shape index (κ2) is 12.8. The van der Waals surface area contributed by atoms with E-state index in [0.717, 1.165) is 44.5 Å². The zero-order valence-corrected chi connectivity index (χ0v) is 31.5. The number of halogens is 4. The van der Waals surface area contributed by atoms with Crippen molar-refractivity contribution >= 4 is 45.5 Å². The molecule has 0 spiro atoms. The van der Waals surface area contributed by atoms with Gasteiger partial charge in [0.25, 0.3) is 0 Å². The van der Waals surface area contributed by atoms with Crippen molar-refractivity contribution in [3.63, 3.8) is 0 Å². The molecule has 0 radical (unpaired) electrons. The highest BCUT2D eigenvalue weighted by molar-refractivity contribution is 6.01. The van der Waals surface area contributed by atoms with Crippen molar-refractivity contribution in [3.05, 3.63) is 176 Å². The molecule has 8 heteroatoms. The summed E-state index contributed by atoms with van der Waals surface area (Å²) in [6, 6.07) is 27.7. The van der Waals surface area contributed by atoms with E-state index in [0.29, 0.717) is 22.7 Å². The third-order valence-corrected chi connectivity index (χ3v) is 10.6. The van der Waals surface area contributed by atoms with Crippen LogP contribution in [0, 0.1) is 78.7 Å². The number of benzene rings is 6. The Morgan fingerprint density at radius 3 is 0.667 bits per heavy atom. The Kier molecular flexibility index (Phi) is 8.32. The zero-order chi connectivity index (χ0) is 38.3. The van der Waals surface area contributed by atoms with Gasteiger partial charge in [-0.3, -0.25) is 19.6 Å². The van der Waals surface area contributed by atoms with E-state index in [1.54, 1.807) is 43.9 Å². The number of anilines is 8. The first-order valence-corrected chi connectivity index (χ1v) is 18.0. The van der Waals surface area contributed by atoms with Crippen LogP contribution in [-0.2, 0) is 0 Å². The van der Waals surface area contributed by atoms with Gasteiger partial charge in [0.05, 0.1) is 45.5 Å². The van der Waals surface area contributed by atoms with Crippen molar-refractivity contribution in [1.29, 1.82) is 0 Å². The minimum Gasteiger partial charge on any atom is -0.288 e. The smallest absolute Gasteiger partial charge is 0.166 e. The molecule has 2 heterocycles. The number of hydrogen-bond donors (Lipinski definition) is 0. The molecule has 0 unspecified atom stereocenters. The van der Waals surface area contributed by atoms with E-state index in [-0.39, 0.29) is 34.4 Å². The molecule has 54 heavy (non-hydrogen) atoms. The summed E-state index contributed by atoms with van der Waals surface area (Å²) in [4.78, 5) is 7.04. The molecule has 0 fully saturated rings. The summed E-state index contributed by atoms with van der Waals surface area (Å²) >= 11 is 0. The van der Waals surface area contributed by atoms with E-state index < -0.39 is 23.3 Å². The largest absolute Gasteiger partial charge is 0.288 e. The zero-order valence-electron chi connectivity index (χ0n) is 31.5. The Morgan fingerprint density at radius 2 is 0.481 bits per heavy atom. The number of nitrogens with zero attached hydrogens (tertiary/aromatic N) is 4. The van der Waals surface area contributed by atoms with E-state index in [2.05, 4.69) is 0 Å². The highest BCUT2D eigenvalue weighted by atomic mass is 19.1. The van der Waals surface area contributed by atoms with Gasteiger partial charge in [0.2, 0.25) is 0 Å². The first-order valence-electron chi connectivity index (χ1n) is 18.0. The molecule has 0 aromatic heterocycles. The normalized spacial score (nSPS) is 13.7. The van der Waals surface area contributed by atoms with Crippen LogP contribution in [0.5, 0.6) is 0 Å². The van der Waals surface area contributed by atoms with E-state index >= 15 is 17.6 Å². The molecule has 6 aromatic carbocycles. The van der Waals surface area contributed by atoms with Gasteiger partial charge in [0.1, 0.15) is 23.3 Å². The summed E-state index contributed by atoms with van der Waals surface area (Å²) in [5.41, 5.74) is 9.73. The van der Waals surface area contributed by atoms with E-state index in [9.17, 15) is 0 Å². The maximum atomic E-state index is 16.6. The predicted molar refractivity (Wildman–Crippen MR) is 212 cm³/mol. The number of rotatable bonds is 4. The molecular formula is C46H40F4N4. The lowest BCUT2D eigenvalue weighted by molar-refractivity contribution is 0.620. The van der Waals surface area contributed by atoms with Crippen LogP contribution in [0.2, 0.25) is 0 Å². The van der Waals surface area contributed by atoms with Crippen LogP contribution in [0.3, 0.4) is 0 Å². The van der Waals surface area contributed by atoms with Gasteiger partial charge in [0, 0.05) is 0 Å². The third kappa shape index (κ3) is 5.51. The van der Waals surface area contributed by atoms with Crippen LogP contribution < -0.4 is 19.6 Å². The van der Waals surface area contributed by atoms with Gasteiger partial charge in [-0.1, -0.05) is 24.3 Å². The molecule has 0 bridgehead atoms. The highest BCUT2D eigenvalue weighted by Crippen LogP contribution is 2.58. The van der Waals surface area contributed by atoms with Crippen LogP contribution in [0.1, 0.15) is 44.5 Å². The first kappa shape index (κ1) is 35.0. The molecule has 272 valence electrons. The molecule has 8 rings (SSSR count). The quantitative estimate of drug-likeness (QED) is 0.168. The Balaban J connectivity index is 1.62. The Hall–Kier alpha value is -6.02. The summed E-state index contributed by atoms with van der Waals surface area (Å²) in [7, 11) is 0. The van der Waals surface area contributed by atoms with E-state index in [1.165, 1.54) is 24.3 Å². The molecule has 2 aliphatic heterocycles. The van der Waals surface area contributed by atoms with Gasteiger partial charge in [0.15, 0.2) is 11.6 Å². The van der Waals surface area contributed by atoms with Crippen molar-refractivity contribution in [2.24, 2.45) is 0 Å². The molecular weight excluding hydrogens is 685 g/mol. The number of aryl methyl sites for hydroxylation is 8. The van der Waals surface area contributed by atoms with Crippen molar-refractivity contribution < 1.29 is 17.6 Å². The van der Waals surface area contributed by atoms with Gasteiger partial charge in [-0.15, -0.1) is 0 Å². The summed E-state index contributed by atoms with van der Waals surface area (Å²) < 4.78 is 66.5. The maximum absolute atomic E-state index is 16.6.